The quantitative estimate of drug-likeness (QED) is 0.772. The van der Waals surface area contributed by atoms with Gasteiger partial charge in [0.2, 0.25) is 0 Å². The highest BCUT2D eigenvalue weighted by atomic mass is 35.5. The summed E-state index contributed by atoms with van der Waals surface area (Å²) < 4.78 is 0. The number of carbonyl (C=O) groups excluding carboxylic acids is 1. The van der Waals surface area contributed by atoms with Crippen molar-refractivity contribution < 1.29 is 4.79 Å². The fourth-order valence-electron chi connectivity index (χ4n) is 3.11. The van der Waals surface area contributed by atoms with Gasteiger partial charge in [0, 0.05) is 54.8 Å². The number of hydrogen-bond donors (Lipinski definition) is 1. The molecule has 0 aliphatic carbocycles. The number of halogens is 1. The molecule has 6 nitrogen and oxygen atoms in total. The summed E-state index contributed by atoms with van der Waals surface area (Å²) in [6, 6.07) is 13.3. The summed E-state index contributed by atoms with van der Waals surface area (Å²) in [5.41, 5.74) is 3.27. The van der Waals surface area contributed by atoms with E-state index in [9.17, 15) is 4.79 Å². The zero-order valence-electron chi connectivity index (χ0n) is 14.1. The minimum Gasteiger partial charge on any atom is -0.368 e. The highest BCUT2D eigenvalue weighted by molar-refractivity contribution is 6.30. The molecule has 0 atom stereocenters. The summed E-state index contributed by atoms with van der Waals surface area (Å²) in [5.74, 6) is -0.0245. The van der Waals surface area contributed by atoms with Crippen molar-refractivity contribution in [2.75, 3.05) is 31.1 Å². The van der Waals surface area contributed by atoms with Gasteiger partial charge in [-0.25, -0.2) is 0 Å². The van der Waals surface area contributed by atoms with Crippen molar-refractivity contribution in [3.05, 3.63) is 65.6 Å². The molecule has 2 aromatic heterocycles. The highest BCUT2D eigenvalue weighted by Gasteiger charge is 2.24. The number of anilines is 1. The second-order valence-corrected chi connectivity index (χ2v) is 6.60. The van der Waals surface area contributed by atoms with E-state index in [0.717, 1.165) is 35.1 Å². The Morgan fingerprint density at radius 2 is 1.81 bits per heavy atom. The molecule has 0 radical (unpaired) electrons. The molecule has 3 aromatic rings. The maximum Gasteiger partial charge on any atom is 0.272 e. The van der Waals surface area contributed by atoms with Crippen LogP contribution in [0.5, 0.6) is 0 Å². The maximum atomic E-state index is 12.7. The van der Waals surface area contributed by atoms with Crippen molar-refractivity contribution in [2.24, 2.45) is 0 Å². The Balaban J connectivity index is 1.42. The summed E-state index contributed by atoms with van der Waals surface area (Å²) in [5, 5.41) is 7.83. The lowest BCUT2D eigenvalue weighted by Gasteiger charge is -2.36. The number of amides is 1. The molecule has 1 amide bonds. The zero-order valence-corrected chi connectivity index (χ0v) is 14.9. The number of H-pyrrole nitrogens is 1. The fraction of sp³-hybridized carbons (Fsp3) is 0.211. The van der Waals surface area contributed by atoms with Crippen LogP contribution in [0.25, 0.3) is 11.3 Å². The Labute approximate surface area is 156 Å². The molecule has 4 rings (SSSR count). The Morgan fingerprint density at radius 3 is 2.54 bits per heavy atom. The SMILES string of the molecule is O=C(c1cc(-c2ccncc2)n[nH]1)N1CCN(c2cccc(Cl)c2)CC1. The largest absolute Gasteiger partial charge is 0.368 e. The molecule has 1 saturated heterocycles. The molecule has 0 spiro atoms. The number of rotatable bonds is 3. The number of nitrogens with zero attached hydrogens (tertiary/aromatic N) is 4. The van der Waals surface area contributed by atoms with E-state index >= 15 is 0 Å². The first-order chi connectivity index (χ1) is 12.7. The van der Waals surface area contributed by atoms with Crippen molar-refractivity contribution >= 4 is 23.2 Å². The number of benzene rings is 1. The Hall–Kier alpha value is -2.86. The molecule has 132 valence electrons. The number of hydrogen-bond acceptors (Lipinski definition) is 4. The predicted octanol–water partition coefficient (Wildman–Crippen LogP) is 3.09. The molecule has 1 fully saturated rings. The monoisotopic (exact) mass is 367 g/mol. The smallest absolute Gasteiger partial charge is 0.272 e. The Morgan fingerprint density at radius 1 is 1.04 bits per heavy atom. The summed E-state index contributed by atoms with van der Waals surface area (Å²) in [6.45, 7) is 2.87. The van der Waals surface area contributed by atoms with Crippen LogP contribution >= 0.6 is 11.6 Å². The van der Waals surface area contributed by atoms with E-state index in [0.29, 0.717) is 18.8 Å². The summed E-state index contributed by atoms with van der Waals surface area (Å²) in [4.78, 5) is 20.8. The molecule has 1 aromatic carbocycles. The molecule has 26 heavy (non-hydrogen) atoms. The van der Waals surface area contributed by atoms with E-state index < -0.39 is 0 Å². The molecular weight excluding hydrogens is 350 g/mol. The van der Waals surface area contributed by atoms with Gasteiger partial charge in [-0.15, -0.1) is 0 Å². The van der Waals surface area contributed by atoms with Crippen LogP contribution in [0.4, 0.5) is 5.69 Å². The second-order valence-electron chi connectivity index (χ2n) is 6.16. The first-order valence-corrected chi connectivity index (χ1v) is 8.84. The van der Waals surface area contributed by atoms with Gasteiger partial charge in [0.15, 0.2) is 0 Å². The normalized spacial score (nSPS) is 14.5. The van der Waals surface area contributed by atoms with Gasteiger partial charge >= 0.3 is 0 Å². The van der Waals surface area contributed by atoms with Gasteiger partial charge < -0.3 is 9.80 Å². The van der Waals surface area contributed by atoms with Gasteiger partial charge in [0.1, 0.15) is 5.69 Å². The predicted molar refractivity (Wildman–Crippen MR) is 101 cm³/mol. The van der Waals surface area contributed by atoms with Crippen LogP contribution in [0.3, 0.4) is 0 Å². The molecule has 0 unspecified atom stereocenters. The van der Waals surface area contributed by atoms with E-state index in [4.69, 9.17) is 11.6 Å². The number of carbonyl (C=O) groups is 1. The Kier molecular flexibility index (Phi) is 4.58. The van der Waals surface area contributed by atoms with Crippen LogP contribution in [-0.2, 0) is 0 Å². The van der Waals surface area contributed by atoms with Crippen molar-refractivity contribution in [2.45, 2.75) is 0 Å². The van der Waals surface area contributed by atoms with Crippen LogP contribution in [0.1, 0.15) is 10.5 Å². The van der Waals surface area contributed by atoms with Crippen molar-refractivity contribution in [3.8, 4) is 11.3 Å². The number of aromatic amines is 1. The number of piperazine rings is 1. The molecule has 0 bridgehead atoms. The lowest BCUT2D eigenvalue weighted by atomic mass is 10.2. The maximum absolute atomic E-state index is 12.7. The number of pyridine rings is 1. The molecular formula is C19H18ClN5O. The summed E-state index contributed by atoms with van der Waals surface area (Å²) >= 11 is 6.07. The van der Waals surface area contributed by atoms with Crippen LogP contribution < -0.4 is 4.90 Å². The molecule has 1 aliphatic rings. The number of nitrogens with one attached hydrogen (secondary N) is 1. The minimum absolute atomic E-state index is 0.0245. The van der Waals surface area contributed by atoms with E-state index in [2.05, 4.69) is 20.1 Å². The molecule has 1 N–H and O–H groups in total. The first-order valence-electron chi connectivity index (χ1n) is 8.46. The van der Waals surface area contributed by atoms with Gasteiger partial charge in [-0.2, -0.15) is 5.10 Å². The standard InChI is InChI=1S/C19H18ClN5O/c20-15-2-1-3-16(12-15)24-8-10-25(11-9-24)19(26)18-13-17(22-23-18)14-4-6-21-7-5-14/h1-7,12-13H,8-11H2,(H,22,23). The van der Waals surface area contributed by atoms with Crippen LogP contribution in [0, 0.1) is 0 Å². The fourth-order valence-corrected chi connectivity index (χ4v) is 3.30. The minimum atomic E-state index is -0.0245. The Bertz CT molecular complexity index is 903. The van der Waals surface area contributed by atoms with Crippen molar-refractivity contribution in [1.82, 2.24) is 20.1 Å². The third-order valence-corrected chi connectivity index (χ3v) is 4.76. The second kappa shape index (κ2) is 7.17. The van der Waals surface area contributed by atoms with E-state index in [1.54, 1.807) is 18.5 Å². The van der Waals surface area contributed by atoms with Gasteiger partial charge in [0.05, 0.1) is 5.69 Å². The number of aromatic nitrogens is 3. The van der Waals surface area contributed by atoms with Crippen molar-refractivity contribution in [3.63, 3.8) is 0 Å². The zero-order chi connectivity index (χ0) is 17.9. The summed E-state index contributed by atoms with van der Waals surface area (Å²) in [7, 11) is 0. The lowest BCUT2D eigenvalue weighted by Crippen LogP contribution is -2.48. The molecule has 1 aliphatic heterocycles. The first kappa shape index (κ1) is 16.6. The van der Waals surface area contributed by atoms with E-state index in [1.807, 2.05) is 41.3 Å². The van der Waals surface area contributed by atoms with Gasteiger partial charge in [-0.1, -0.05) is 17.7 Å². The van der Waals surface area contributed by atoms with Gasteiger partial charge in [0.25, 0.3) is 5.91 Å². The van der Waals surface area contributed by atoms with E-state index in [-0.39, 0.29) is 5.91 Å². The lowest BCUT2D eigenvalue weighted by molar-refractivity contribution is 0.0741. The molecule has 7 heteroatoms. The van der Waals surface area contributed by atoms with Crippen molar-refractivity contribution in [1.29, 1.82) is 0 Å². The highest BCUT2D eigenvalue weighted by Crippen LogP contribution is 2.22. The van der Waals surface area contributed by atoms with E-state index in [1.165, 1.54) is 0 Å². The van der Waals surface area contributed by atoms with Gasteiger partial charge in [-0.3, -0.25) is 14.9 Å². The van der Waals surface area contributed by atoms with Crippen LogP contribution in [-0.4, -0.2) is 52.2 Å². The van der Waals surface area contributed by atoms with Crippen LogP contribution in [0.15, 0.2) is 54.9 Å². The topological polar surface area (TPSA) is 65.1 Å². The average molecular weight is 368 g/mol. The third kappa shape index (κ3) is 3.41. The average Bonchev–Trinajstić information content (AvgIpc) is 3.18. The summed E-state index contributed by atoms with van der Waals surface area (Å²) in [6.07, 6.45) is 3.42. The molecule has 0 saturated carbocycles. The van der Waals surface area contributed by atoms with Gasteiger partial charge in [-0.05, 0) is 36.4 Å². The molecule has 3 heterocycles. The third-order valence-electron chi connectivity index (χ3n) is 4.52. The van der Waals surface area contributed by atoms with Crippen LogP contribution in [0.2, 0.25) is 5.02 Å².